The van der Waals surface area contributed by atoms with Crippen LogP contribution >= 0.6 is 0 Å². The molecule has 86 heavy (non-hydrogen) atoms. The lowest BCUT2D eigenvalue weighted by Crippen LogP contribution is -2.28. The number of allylic oxidation sites excluding steroid dienone is 22. The second-order valence-corrected chi connectivity index (χ2v) is 24.3. The van der Waals surface area contributed by atoms with Gasteiger partial charge >= 0.3 is 11.9 Å². The molecule has 0 aromatic carbocycles. The number of rotatable bonds is 67. The molecule has 1 atom stereocenters. The minimum absolute atomic E-state index is 0.0663. The van der Waals surface area contributed by atoms with Gasteiger partial charge in [-0.3, -0.25) is 9.59 Å². The minimum Gasteiger partial charge on any atom is -0.462 e. The standard InChI is InChI=1S/C81H138O5/c1-3-5-7-9-11-13-15-17-19-21-23-25-27-29-31-33-35-37-38-39-40-41-42-44-46-48-50-52-54-56-58-60-62-64-66-68-70-72-74-76-81(84)86-79(77-82)78-85-80(83)75-73-71-69-67-65-63-61-59-57-55-53-51-49-47-45-43-36-34-32-30-28-26-24-22-20-18-16-14-12-10-8-6-4-2/h5-8,11-14,17-20,23-26,29,31,35,37,39-40,79,82H,3-4,9-10,15-16,21-22,27-28,30,32-34,36,38,41-78H2,1-2H3/b7-5-,8-6-,13-11-,14-12-,19-17-,20-18-,25-23-,26-24-,31-29-,37-35-,40-39-. The lowest BCUT2D eigenvalue weighted by molar-refractivity contribution is -0.161. The van der Waals surface area contributed by atoms with Crippen molar-refractivity contribution >= 4 is 11.9 Å². The fourth-order valence-corrected chi connectivity index (χ4v) is 10.5. The Labute approximate surface area is 534 Å². The molecule has 0 aliphatic carbocycles. The van der Waals surface area contributed by atoms with E-state index in [2.05, 4.69) is 148 Å². The lowest BCUT2D eigenvalue weighted by Gasteiger charge is -2.15. The van der Waals surface area contributed by atoms with E-state index in [1.807, 2.05) is 0 Å². The van der Waals surface area contributed by atoms with E-state index >= 15 is 0 Å². The molecule has 0 radical (unpaired) electrons. The number of carbonyl (C=O) groups excluding carboxylic acids is 2. The van der Waals surface area contributed by atoms with E-state index in [1.54, 1.807) is 0 Å². The summed E-state index contributed by atoms with van der Waals surface area (Å²) >= 11 is 0. The Morgan fingerprint density at radius 1 is 0.267 bits per heavy atom. The van der Waals surface area contributed by atoms with Gasteiger partial charge in [-0.1, -0.05) is 359 Å². The predicted octanol–water partition coefficient (Wildman–Crippen LogP) is 25.9. The lowest BCUT2D eigenvalue weighted by atomic mass is 10.0. The zero-order valence-corrected chi connectivity index (χ0v) is 56.5. The van der Waals surface area contributed by atoms with Crippen molar-refractivity contribution in [2.24, 2.45) is 0 Å². The molecular formula is C81H138O5. The monoisotopic (exact) mass is 1190 g/mol. The highest BCUT2D eigenvalue weighted by molar-refractivity contribution is 5.70. The van der Waals surface area contributed by atoms with Crippen LogP contribution in [0.3, 0.4) is 0 Å². The Morgan fingerprint density at radius 2 is 0.465 bits per heavy atom. The first-order valence-corrected chi connectivity index (χ1v) is 36.7. The van der Waals surface area contributed by atoms with Gasteiger partial charge in [-0.05, 0) is 109 Å². The molecular weight excluding hydrogens is 1050 g/mol. The Morgan fingerprint density at radius 3 is 0.698 bits per heavy atom. The van der Waals surface area contributed by atoms with Crippen molar-refractivity contribution in [2.75, 3.05) is 13.2 Å². The van der Waals surface area contributed by atoms with Crippen LogP contribution < -0.4 is 0 Å². The molecule has 492 valence electrons. The summed E-state index contributed by atoms with van der Waals surface area (Å²) in [5.74, 6) is -0.578. The van der Waals surface area contributed by atoms with Gasteiger partial charge in [0.25, 0.3) is 0 Å². The van der Waals surface area contributed by atoms with Crippen LogP contribution in [0, 0.1) is 0 Å². The Bertz CT molecular complexity index is 1730. The molecule has 0 bridgehead atoms. The molecule has 0 aliphatic rings. The summed E-state index contributed by atoms with van der Waals surface area (Å²) in [5, 5.41) is 9.72. The van der Waals surface area contributed by atoms with E-state index in [1.165, 1.54) is 212 Å². The molecule has 0 fully saturated rings. The molecule has 0 saturated heterocycles. The van der Waals surface area contributed by atoms with Gasteiger partial charge in [-0.15, -0.1) is 0 Å². The molecule has 5 heteroatoms. The number of aliphatic hydroxyl groups is 1. The third kappa shape index (κ3) is 72.5. The summed E-state index contributed by atoms with van der Waals surface area (Å²) < 4.78 is 10.8. The van der Waals surface area contributed by atoms with E-state index in [9.17, 15) is 14.7 Å². The summed E-state index contributed by atoms with van der Waals surface area (Å²) in [6.07, 6.45) is 112. The first kappa shape index (κ1) is 82.0. The van der Waals surface area contributed by atoms with E-state index in [0.29, 0.717) is 12.8 Å². The average molecular weight is 1190 g/mol. The Kier molecular flexibility index (Phi) is 71.8. The van der Waals surface area contributed by atoms with Crippen LogP contribution in [-0.4, -0.2) is 36.4 Å². The summed E-state index contributed by atoms with van der Waals surface area (Å²) in [6, 6.07) is 0. The fourth-order valence-electron chi connectivity index (χ4n) is 10.5. The van der Waals surface area contributed by atoms with Gasteiger partial charge in [0.15, 0.2) is 6.10 Å². The number of aliphatic hydroxyl groups excluding tert-OH is 1. The molecule has 0 amide bonds. The number of unbranched alkanes of at least 4 members (excludes halogenated alkanes) is 37. The topological polar surface area (TPSA) is 72.8 Å². The maximum absolute atomic E-state index is 12.4. The first-order chi connectivity index (χ1) is 42.6. The number of carbonyl (C=O) groups is 2. The second-order valence-electron chi connectivity index (χ2n) is 24.3. The summed E-state index contributed by atoms with van der Waals surface area (Å²) in [5.41, 5.74) is 0. The van der Waals surface area contributed by atoms with Crippen LogP contribution in [0.4, 0.5) is 0 Å². The van der Waals surface area contributed by atoms with Crippen LogP contribution in [0.1, 0.15) is 348 Å². The van der Waals surface area contributed by atoms with Gasteiger partial charge in [0.2, 0.25) is 0 Å². The zero-order chi connectivity index (χ0) is 61.9. The molecule has 1 unspecified atom stereocenters. The largest absolute Gasteiger partial charge is 0.462 e. The van der Waals surface area contributed by atoms with E-state index < -0.39 is 6.10 Å². The maximum atomic E-state index is 12.4. The highest BCUT2D eigenvalue weighted by Crippen LogP contribution is 2.18. The molecule has 1 N–H and O–H groups in total. The SMILES string of the molecule is CC/C=C\C/C=C\C/C=C\C/C=C\C/C=C\C/C=C\C/C=C\CCCCCCCCCCCCCCCCCCCC(=O)OC(CO)COC(=O)CCCCCCCCCCCCCCCCCCCCCC/C=C\C/C=C\C/C=C\C/C=C\CC. The molecule has 0 saturated carbocycles. The fraction of sp³-hybridized carbons (Fsp3) is 0.704. The summed E-state index contributed by atoms with van der Waals surface area (Å²) in [6.45, 7) is 3.95. The number of esters is 2. The van der Waals surface area contributed by atoms with Crippen LogP contribution in [0.15, 0.2) is 134 Å². The number of hydrogen-bond donors (Lipinski definition) is 1. The smallest absolute Gasteiger partial charge is 0.306 e. The van der Waals surface area contributed by atoms with Crippen molar-refractivity contribution in [1.82, 2.24) is 0 Å². The molecule has 0 spiro atoms. The van der Waals surface area contributed by atoms with E-state index in [0.717, 1.165) is 109 Å². The highest BCUT2D eigenvalue weighted by Gasteiger charge is 2.16. The van der Waals surface area contributed by atoms with E-state index in [-0.39, 0.29) is 25.2 Å². The van der Waals surface area contributed by atoms with Crippen molar-refractivity contribution in [3.63, 3.8) is 0 Å². The minimum atomic E-state index is -0.778. The average Bonchev–Trinajstić information content (AvgIpc) is 3.55. The Hall–Kier alpha value is -3.96. The summed E-state index contributed by atoms with van der Waals surface area (Å²) in [7, 11) is 0. The van der Waals surface area contributed by atoms with Crippen molar-refractivity contribution in [1.29, 1.82) is 0 Å². The molecule has 0 aliphatic heterocycles. The van der Waals surface area contributed by atoms with Gasteiger partial charge < -0.3 is 14.6 Å². The van der Waals surface area contributed by atoms with E-state index in [4.69, 9.17) is 9.47 Å². The number of hydrogen-bond acceptors (Lipinski definition) is 5. The first-order valence-electron chi connectivity index (χ1n) is 36.7. The van der Waals surface area contributed by atoms with Gasteiger partial charge in [-0.25, -0.2) is 0 Å². The van der Waals surface area contributed by atoms with Crippen molar-refractivity contribution in [2.45, 2.75) is 354 Å². The Balaban J connectivity index is 3.45. The predicted molar refractivity (Wildman–Crippen MR) is 380 cm³/mol. The van der Waals surface area contributed by atoms with Gasteiger partial charge in [0.1, 0.15) is 6.61 Å². The van der Waals surface area contributed by atoms with Gasteiger partial charge in [-0.2, -0.15) is 0 Å². The summed E-state index contributed by atoms with van der Waals surface area (Å²) in [4.78, 5) is 24.7. The van der Waals surface area contributed by atoms with Crippen molar-refractivity contribution in [3.8, 4) is 0 Å². The van der Waals surface area contributed by atoms with Crippen LogP contribution in [0.5, 0.6) is 0 Å². The zero-order valence-electron chi connectivity index (χ0n) is 56.5. The quantitative estimate of drug-likeness (QED) is 0.0373. The second kappa shape index (κ2) is 75.3. The maximum Gasteiger partial charge on any atom is 0.306 e. The third-order valence-electron chi connectivity index (χ3n) is 15.9. The van der Waals surface area contributed by atoms with Crippen molar-refractivity contribution < 1.29 is 24.2 Å². The molecule has 0 heterocycles. The molecule has 0 aromatic heterocycles. The molecule has 5 nitrogen and oxygen atoms in total. The molecule has 0 rings (SSSR count). The third-order valence-corrected chi connectivity index (χ3v) is 15.9. The highest BCUT2D eigenvalue weighted by atomic mass is 16.6. The van der Waals surface area contributed by atoms with Gasteiger partial charge in [0, 0.05) is 12.8 Å². The van der Waals surface area contributed by atoms with Crippen LogP contribution in [0.2, 0.25) is 0 Å². The van der Waals surface area contributed by atoms with Crippen LogP contribution in [0.25, 0.3) is 0 Å². The molecule has 0 aromatic rings. The van der Waals surface area contributed by atoms with Crippen LogP contribution in [-0.2, 0) is 19.1 Å². The van der Waals surface area contributed by atoms with Gasteiger partial charge in [0.05, 0.1) is 6.61 Å². The normalized spacial score (nSPS) is 13.0. The number of ether oxygens (including phenoxy) is 2. The van der Waals surface area contributed by atoms with Crippen molar-refractivity contribution in [3.05, 3.63) is 134 Å².